The second-order valence-corrected chi connectivity index (χ2v) is 6.48. The summed E-state index contributed by atoms with van der Waals surface area (Å²) in [5, 5.41) is 3.09. The van der Waals surface area contributed by atoms with Gasteiger partial charge in [-0.2, -0.15) is 0 Å². The number of ketones is 1. The summed E-state index contributed by atoms with van der Waals surface area (Å²) in [6.45, 7) is 11.6. The quantitative estimate of drug-likeness (QED) is 0.835. The van der Waals surface area contributed by atoms with E-state index in [1.54, 1.807) is 27.8 Å². The molecule has 0 bridgehead atoms. The van der Waals surface area contributed by atoms with Gasteiger partial charge in [0.05, 0.1) is 13.1 Å². The predicted octanol–water partition coefficient (Wildman–Crippen LogP) is 1.81. The van der Waals surface area contributed by atoms with Crippen LogP contribution >= 0.6 is 0 Å². The minimum absolute atomic E-state index is 0.0433. The molecule has 5 nitrogen and oxygen atoms in total. The Morgan fingerprint density at radius 1 is 1.11 bits per heavy atom. The fourth-order valence-corrected chi connectivity index (χ4v) is 1.09. The Morgan fingerprint density at radius 3 is 2.00 bits per heavy atom. The Balaban J connectivity index is 4.12. The van der Waals surface area contributed by atoms with Crippen LogP contribution in [0.2, 0.25) is 0 Å². The molecule has 0 saturated heterocycles. The topological polar surface area (TPSA) is 58.6 Å². The molecule has 0 aliphatic carbocycles. The van der Waals surface area contributed by atoms with Crippen molar-refractivity contribution in [2.45, 2.75) is 52.7 Å². The summed E-state index contributed by atoms with van der Waals surface area (Å²) in [7, 11) is 1.56. The smallest absolute Gasteiger partial charge is 0.410 e. The molecule has 0 spiro atoms. The van der Waals surface area contributed by atoms with Gasteiger partial charge in [-0.3, -0.25) is 4.79 Å². The fraction of sp³-hybridized carbons (Fsp3) is 0.846. The molecule has 18 heavy (non-hydrogen) atoms. The highest BCUT2D eigenvalue weighted by atomic mass is 16.6. The van der Waals surface area contributed by atoms with Gasteiger partial charge in [0.15, 0.2) is 5.78 Å². The van der Waals surface area contributed by atoms with Crippen LogP contribution in [-0.4, -0.2) is 48.1 Å². The SMILES string of the molecule is CN(CC(=O)CNC(C)(C)C)C(=O)OC(C)(C)C. The van der Waals surface area contributed by atoms with Crippen molar-refractivity contribution in [2.24, 2.45) is 0 Å². The number of carbonyl (C=O) groups is 2. The van der Waals surface area contributed by atoms with E-state index in [0.717, 1.165) is 0 Å². The van der Waals surface area contributed by atoms with Crippen molar-refractivity contribution < 1.29 is 14.3 Å². The number of ether oxygens (including phenoxy) is 1. The standard InChI is InChI=1S/C13H26N2O3/c1-12(2,3)14-8-10(16)9-15(7)11(17)18-13(4,5)6/h14H,8-9H2,1-7H3. The highest BCUT2D eigenvalue weighted by Crippen LogP contribution is 2.08. The van der Waals surface area contributed by atoms with E-state index in [4.69, 9.17) is 4.74 Å². The predicted molar refractivity (Wildman–Crippen MR) is 71.6 cm³/mol. The second kappa shape index (κ2) is 6.18. The van der Waals surface area contributed by atoms with Gasteiger partial charge in [0.2, 0.25) is 0 Å². The number of Topliss-reactive ketones (excluding diaryl/α,β-unsaturated/α-hetero) is 1. The van der Waals surface area contributed by atoms with Crippen LogP contribution in [0.5, 0.6) is 0 Å². The third-order valence-electron chi connectivity index (χ3n) is 1.93. The second-order valence-electron chi connectivity index (χ2n) is 6.48. The molecule has 0 unspecified atom stereocenters. The minimum Gasteiger partial charge on any atom is -0.444 e. The maximum absolute atomic E-state index is 11.7. The van der Waals surface area contributed by atoms with E-state index in [2.05, 4.69) is 5.32 Å². The lowest BCUT2D eigenvalue weighted by Crippen LogP contribution is -2.43. The lowest BCUT2D eigenvalue weighted by molar-refractivity contribution is -0.119. The molecular formula is C13H26N2O3. The third kappa shape index (κ3) is 8.98. The Labute approximate surface area is 110 Å². The van der Waals surface area contributed by atoms with Crippen LogP contribution in [0, 0.1) is 0 Å². The molecule has 0 aromatic rings. The molecule has 1 N–H and O–H groups in total. The number of hydrogen-bond acceptors (Lipinski definition) is 4. The van der Waals surface area contributed by atoms with E-state index in [-0.39, 0.29) is 24.4 Å². The molecule has 106 valence electrons. The lowest BCUT2D eigenvalue weighted by Gasteiger charge is -2.25. The van der Waals surface area contributed by atoms with Gasteiger partial charge in [-0.15, -0.1) is 0 Å². The monoisotopic (exact) mass is 258 g/mol. The summed E-state index contributed by atoms with van der Waals surface area (Å²) in [4.78, 5) is 24.6. The zero-order chi connectivity index (χ0) is 14.6. The molecule has 5 heteroatoms. The highest BCUT2D eigenvalue weighted by Gasteiger charge is 2.21. The Bertz CT molecular complexity index is 300. The number of hydrogen-bond donors (Lipinski definition) is 1. The van der Waals surface area contributed by atoms with Crippen molar-refractivity contribution in [1.29, 1.82) is 0 Å². The number of carbonyl (C=O) groups excluding carboxylic acids is 2. The Morgan fingerprint density at radius 2 is 1.61 bits per heavy atom. The van der Waals surface area contributed by atoms with Crippen LogP contribution in [0.4, 0.5) is 4.79 Å². The maximum Gasteiger partial charge on any atom is 0.410 e. The number of amides is 1. The van der Waals surface area contributed by atoms with Crippen LogP contribution in [0.3, 0.4) is 0 Å². The van der Waals surface area contributed by atoms with Crippen molar-refractivity contribution in [3.05, 3.63) is 0 Å². The van der Waals surface area contributed by atoms with E-state index in [1.165, 1.54) is 4.90 Å². The summed E-state index contributed by atoms with van der Waals surface area (Å²) in [5.74, 6) is -0.0433. The first-order valence-corrected chi connectivity index (χ1v) is 6.11. The molecule has 0 atom stereocenters. The number of nitrogens with one attached hydrogen (secondary N) is 1. The van der Waals surface area contributed by atoms with Gasteiger partial charge in [0, 0.05) is 12.6 Å². The van der Waals surface area contributed by atoms with Crippen molar-refractivity contribution in [3.8, 4) is 0 Å². The molecular weight excluding hydrogens is 232 g/mol. The normalized spacial score (nSPS) is 12.2. The van der Waals surface area contributed by atoms with Crippen LogP contribution in [0.15, 0.2) is 0 Å². The number of rotatable bonds is 4. The fourth-order valence-electron chi connectivity index (χ4n) is 1.09. The molecule has 0 aliphatic rings. The summed E-state index contributed by atoms with van der Waals surface area (Å²) < 4.78 is 5.16. The summed E-state index contributed by atoms with van der Waals surface area (Å²) in [6, 6.07) is 0. The van der Waals surface area contributed by atoms with Crippen LogP contribution in [0.25, 0.3) is 0 Å². The van der Waals surface area contributed by atoms with Crippen molar-refractivity contribution >= 4 is 11.9 Å². The van der Waals surface area contributed by atoms with Gasteiger partial charge in [-0.25, -0.2) is 4.79 Å². The van der Waals surface area contributed by atoms with E-state index in [9.17, 15) is 9.59 Å². The van der Waals surface area contributed by atoms with E-state index >= 15 is 0 Å². The molecule has 0 fully saturated rings. The molecule has 0 aliphatic heterocycles. The zero-order valence-corrected chi connectivity index (χ0v) is 12.6. The van der Waals surface area contributed by atoms with Crippen molar-refractivity contribution in [3.63, 3.8) is 0 Å². The molecule has 0 aromatic heterocycles. The molecule has 0 rings (SSSR count). The highest BCUT2D eigenvalue weighted by molar-refractivity contribution is 5.85. The van der Waals surface area contributed by atoms with Crippen molar-refractivity contribution in [1.82, 2.24) is 10.2 Å². The molecule has 0 aromatic carbocycles. The van der Waals surface area contributed by atoms with E-state index in [1.807, 2.05) is 20.8 Å². The molecule has 1 amide bonds. The van der Waals surface area contributed by atoms with Crippen LogP contribution in [0.1, 0.15) is 41.5 Å². The average Bonchev–Trinajstić information content (AvgIpc) is 2.10. The molecule has 0 radical (unpaired) electrons. The van der Waals surface area contributed by atoms with Gasteiger partial charge >= 0.3 is 6.09 Å². The Kier molecular flexibility index (Phi) is 5.80. The van der Waals surface area contributed by atoms with Gasteiger partial charge in [0.25, 0.3) is 0 Å². The summed E-state index contributed by atoms with van der Waals surface area (Å²) in [5.41, 5.74) is -0.655. The van der Waals surface area contributed by atoms with Crippen molar-refractivity contribution in [2.75, 3.05) is 20.1 Å². The van der Waals surface area contributed by atoms with E-state index in [0.29, 0.717) is 0 Å². The molecule has 0 saturated carbocycles. The van der Waals surface area contributed by atoms with Gasteiger partial charge in [-0.05, 0) is 41.5 Å². The Hall–Kier alpha value is -1.10. The lowest BCUT2D eigenvalue weighted by atomic mass is 10.1. The van der Waals surface area contributed by atoms with Gasteiger partial charge in [-0.1, -0.05) is 0 Å². The first kappa shape index (κ1) is 16.9. The first-order valence-electron chi connectivity index (χ1n) is 6.11. The minimum atomic E-state index is -0.544. The first-order chi connectivity index (χ1) is 7.91. The third-order valence-corrected chi connectivity index (χ3v) is 1.93. The summed E-state index contributed by atoms with van der Waals surface area (Å²) >= 11 is 0. The number of nitrogens with zero attached hydrogens (tertiary/aromatic N) is 1. The number of likely N-dealkylation sites (N-methyl/N-ethyl adjacent to an activating group) is 1. The zero-order valence-electron chi connectivity index (χ0n) is 12.6. The van der Waals surface area contributed by atoms with Crippen LogP contribution in [-0.2, 0) is 9.53 Å². The average molecular weight is 258 g/mol. The van der Waals surface area contributed by atoms with Gasteiger partial charge < -0.3 is 15.0 Å². The summed E-state index contributed by atoms with van der Waals surface area (Å²) in [6.07, 6.45) is -0.480. The maximum atomic E-state index is 11.7. The molecule has 0 heterocycles. The largest absolute Gasteiger partial charge is 0.444 e. The van der Waals surface area contributed by atoms with Crippen LogP contribution < -0.4 is 5.32 Å². The van der Waals surface area contributed by atoms with E-state index < -0.39 is 11.7 Å². The van der Waals surface area contributed by atoms with Gasteiger partial charge in [0.1, 0.15) is 5.60 Å².